The molecule has 0 unspecified atom stereocenters. The number of amides is 2. The second-order valence-corrected chi connectivity index (χ2v) is 5.73. The van der Waals surface area contributed by atoms with Gasteiger partial charge in [-0.15, -0.1) is 0 Å². The van der Waals surface area contributed by atoms with Crippen molar-refractivity contribution in [3.63, 3.8) is 0 Å². The third-order valence-electron chi connectivity index (χ3n) is 3.16. The molecule has 25 heavy (non-hydrogen) atoms. The fourth-order valence-corrected chi connectivity index (χ4v) is 2.30. The van der Waals surface area contributed by atoms with E-state index in [0.29, 0.717) is 21.4 Å². The van der Waals surface area contributed by atoms with E-state index < -0.39 is 11.8 Å². The molecule has 0 aliphatic carbocycles. The molecule has 2 aromatic carbocycles. The summed E-state index contributed by atoms with van der Waals surface area (Å²) in [6.07, 6.45) is 1.42. The number of halogens is 2. The van der Waals surface area contributed by atoms with Crippen LogP contribution in [0.5, 0.6) is 5.75 Å². The number of hydrogen-bond acceptors (Lipinski definition) is 4. The van der Waals surface area contributed by atoms with Gasteiger partial charge in [-0.2, -0.15) is 5.10 Å². The molecule has 0 saturated heterocycles. The molecule has 6 nitrogen and oxygen atoms in total. The lowest BCUT2D eigenvalue weighted by Crippen LogP contribution is -2.37. The Kier molecular flexibility index (Phi) is 6.80. The summed E-state index contributed by atoms with van der Waals surface area (Å²) >= 11 is 11.8. The number of benzene rings is 2. The van der Waals surface area contributed by atoms with Crippen molar-refractivity contribution in [2.75, 3.05) is 7.11 Å². The van der Waals surface area contributed by atoms with Crippen molar-refractivity contribution in [2.24, 2.45) is 5.10 Å². The number of methoxy groups -OCH3 is 1. The Morgan fingerprint density at radius 2 is 1.84 bits per heavy atom. The number of hydrogen-bond donors (Lipinski definition) is 2. The molecule has 0 fully saturated rings. The number of hydrazone groups is 1. The lowest BCUT2D eigenvalue weighted by Gasteiger charge is -2.06. The average Bonchev–Trinajstić information content (AvgIpc) is 2.61. The van der Waals surface area contributed by atoms with Crippen LogP contribution in [0.15, 0.2) is 47.6 Å². The van der Waals surface area contributed by atoms with Gasteiger partial charge in [-0.25, -0.2) is 5.43 Å². The summed E-state index contributed by atoms with van der Waals surface area (Å²) in [5, 5.41) is 7.09. The monoisotopic (exact) mass is 379 g/mol. The first-order valence-electron chi connectivity index (χ1n) is 7.19. The number of nitrogens with one attached hydrogen (secondary N) is 2. The van der Waals surface area contributed by atoms with Gasteiger partial charge in [-0.1, -0.05) is 29.3 Å². The average molecular weight is 380 g/mol. The summed E-state index contributed by atoms with van der Waals surface area (Å²) in [5.41, 5.74) is 3.54. The zero-order chi connectivity index (χ0) is 18.2. The minimum atomic E-state index is -0.880. The molecule has 0 aromatic heterocycles. The second-order valence-electron chi connectivity index (χ2n) is 4.89. The van der Waals surface area contributed by atoms with Crippen molar-refractivity contribution >= 4 is 41.2 Å². The van der Waals surface area contributed by atoms with Crippen LogP contribution >= 0.6 is 23.2 Å². The molecular formula is C17H15Cl2N3O3. The fraction of sp³-hybridized carbons (Fsp3) is 0.118. The Labute approximate surface area is 154 Å². The molecule has 8 heteroatoms. The molecule has 0 aliphatic rings. The van der Waals surface area contributed by atoms with Gasteiger partial charge >= 0.3 is 11.8 Å². The summed E-state index contributed by atoms with van der Waals surface area (Å²) in [5.74, 6) is -0.992. The molecule has 0 spiro atoms. The number of nitrogens with zero attached hydrogens (tertiary/aromatic N) is 1. The van der Waals surface area contributed by atoms with E-state index in [2.05, 4.69) is 15.8 Å². The molecule has 0 radical (unpaired) electrons. The molecule has 2 rings (SSSR count). The van der Waals surface area contributed by atoms with E-state index in [4.69, 9.17) is 27.9 Å². The Bertz CT molecular complexity index is 792. The summed E-state index contributed by atoms with van der Waals surface area (Å²) < 4.78 is 5.04. The van der Waals surface area contributed by atoms with Gasteiger partial charge in [0.2, 0.25) is 0 Å². The van der Waals surface area contributed by atoms with Crippen LogP contribution in [0.3, 0.4) is 0 Å². The fourth-order valence-electron chi connectivity index (χ4n) is 1.83. The van der Waals surface area contributed by atoms with Crippen LogP contribution < -0.4 is 15.5 Å². The lowest BCUT2D eigenvalue weighted by molar-refractivity contribution is -0.139. The molecule has 0 aliphatic heterocycles. The van der Waals surface area contributed by atoms with Gasteiger partial charge in [0.15, 0.2) is 0 Å². The molecule has 2 aromatic rings. The Morgan fingerprint density at radius 1 is 1.12 bits per heavy atom. The molecule has 2 N–H and O–H groups in total. The predicted octanol–water partition coefficient (Wildman–Crippen LogP) is 2.77. The van der Waals surface area contributed by atoms with E-state index in [9.17, 15) is 9.59 Å². The van der Waals surface area contributed by atoms with Gasteiger partial charge in [-0.3, -0.25) is 9.59 Å². The Balaban J connectivity index is 1.83. The second kappa shape index (κ2) is 9.05. The van der Waals surface area contributed by atoms with Crippen molar-refractivity contribution < 1.29 is 14.3 Å². The van der Waals surface area contributed by atoms with Gasteiger partial charge in [-0.05, 0) is 47.5 Å². The minimum absolute atomic E-state index is 0.102. The predicted molar refractivity (Wildman–Crippen MR) is 97.0 cm³/mol. The number of rotatable bonds is 5. The zero-order valence-electron chi connectivity index (χ0n) is 13.3. The number of carbonyl (C=O) groups is 2. The smallest absolute Gasteiger partial charge is 0.329 e. The highest BCUT2D eigenvalue weighted by molar-refractivity contribution is 6.36. The van der Waals surface area contributed by atoms with Gasteiger partial charge in [0.25, 0.3) is 0 Å². The molecule has 0 heterocycles. The van der Waals surface area contributed by atoms with Crippen LogP contribution in [0.1, 0.15) is 11.1 Å². The van der Waals surface area contributed by atoms with Crippen LogP contribution in [0, 0.1) is 0 Å². The van der Waals surface area contributed by atoms with Gasteiger partial charge in [0.1, 0.15) is 5.75 Å². The van der Waals surface area contributed by atoms with E-state index in [1.54, 1.807) is 49.6 Å². The SMILES string of the molecule is COc1ccc(/C=N/NC(=O)C(=O)NCc2ccc(Cl)cc2Cl)cc1. The molecular weight excluding hydrogens is 365 g/mol. The Morgan fingerprint density at radius 3 is 2.48 bits per heavy atom. The minimum Gasteiger partial charge on any atom is -0.497 e. The van der Waals surface area contributed by atoms with Gasteiger partial charge < -0.3 is 10.1 Å². The van der Waals surface area contributed by atoms with E-state index >= 15 is 0 Å². The molecule has 0 saturated carbocycles. The highest BCUT2D eigenvalue weighted by Crippen LogP contribution is 2.20. The molecule has 2 amide bonds. The number of carbonyl (C=O) groups excluding carboxylic acids is 2. The number of ether oxygens (including phenoxy) is 1. The summed E-state index contributed by atoms with van der Waals surface area (Å²) in [6.45, 7) is 0.102. The normalized spacial score (nSPS) is 10.5. The maximum Gasteiger partial charge on any atom is 0.329 e. The van der Waals surface area contributed by atoms with Crippen LogP contribution in [-0.2, 0) is 16.1 Å². The van der Waals surface area contributed by atoms with Gasteiger partial charge in [0, 0.05) is 16.6 Å². The first-order chi connectivity index (χ1) is 12.0. The van der Waals surface area contributed by atoms with E-state index in [-0.39, 0.29) is 6.54 Å². The topological polar surface area (TPSA) is 79.8 Å². The highest BCUT2D eigenvalue weighted by atomic mass is 35.5. The third kappa shape index (κ3) is 5.77. The zero-order valence-corrected chi connectivity index (χ0v) is 14.8. The standard InChI is InChI=1S/C17H15Cl2N3O3/c1-25-14-6-2-11(3-7-14)9-21-22-17(24)16(23)20-10-12-4-5-13(18)8-15(12)19/h2-9H,10H2,1H3,(H,20,23)(H,22,24)/b21-9+. The van der Waals surface area contributed by atoms with Crippen molar-refractivity contribution in [3.05, 3.63) is 63.6 Å². The van der Waals surface area contributed by atoms with Crippen LogP contribution in [-0.4, -0.2) is 25.1 Å². The van der Waals surface area contributed by atoms with E-state index in [0.717, 1.165) is 5.56 Å². The summed E-state index contributed by atoms with van der Waals surface area (Å²) in [7, 11) is 1.57. The van der Waals surface area contributed by atoms with Crippen LogP contribution in [0.2, 0.25) is 10.0 Å². The van der Waals surface area contributed by atoms with E-state index in [1.807, 2.05) is 0 Å². The third-order valence-corrected chi connectivity index (χ3v) is 3.74. The van der Waals surface area contributed by atoms with Crippen LogP contribution in [0.25, 0.3) is 0 Å². The molecule has 0 atom stereocenters. The first-order valence-corrected chi connectivity index (χ1v) is 7.94. The highest BCUT2D eigenvalue weighted by Gasteiger charge is 2.12. The van der Waals surface area contributed by atoms with Crippen molar-refractivity contribution in [1.82, 2.24) is 10.7 Å². The van der Waals surface area contributed by atoms with Crippen LogP contribution in [0.4, 0.5) is 0 Å². The molecule has 130 valence electrons. The quantitative estimate of drug-likeness (QED) is 0.476. The maximum absolute atomic E-state index is 11.7. The van der Waals surface area contributed by atoms with Crippen molar-refractivity contribution in [2.45, 2.75) is 6.54 Å². The largest absolute Gasteiger partial charge is 0.497 e. The summed E-state index contributed by atoms with van der Waals surface area (Å²) in [6, 6.07) is 11.9. The first kappa shape index (κ1) is 18.8. The van der Waals surface area contributed by atoms with Gasteiger partial charge in [0.05, 0.1) is 13.3 Å². The summed E-state index contributed by atoms with van der Waals surface area (Å²) in [4.78, 5) is 23.4. The lowest BCUT2D eigenvalue weighted by atomic mass is 10.2. The van der Waals surface area contributed by atoms with Crippen molar-refractivity contribution in [1.29, 1.82) is 0 Å². The van der Waals surface area contributed by atoms with Crippen molar-refractivity contribution in [3.8, 4) is 5.75 Å². The Hall–Kier alpha value is -2.57. The van der Waals surface area contributed by atoms with E-state index in [1.165, 1.54) is 6.21 Å². The maximum atomic E-state index is 11.7. The molecule has 0 bridgehead atoms.